The zero-order chi connectivity index (χ0) is 19.8. The number of H-pyrrole nitrogens is 1. The molecule has 0 bridgehead atoms. The molecule has 0 aliphatic carbocycles. The van der Waals surface area contributed by atoms with Gasteiger partial charge in [0.25, 0.3) is 12.0 Å². The van der Waals surface area contributed by atoms with Crippen LogP contribution in [-0.2, 0) is 0 Å². The quantitative estimate of drug-likeness (QED) is 0.469. The third-order valence-electron chi connectivity index (χ3n) is 4.23. The summed E-state index contributed by atoms with van der Waals surface area (Å²) in [6.07, 6.45) is -2.85. The molecule has 142 valence electrons. The fourth-order valence-electron chi connectivity index (χ4n) is 3.02. The zero-order valence-corrected chi connectivity index (χ0v) is 16.1. The zero-order valence-electron chi connectivity index (χ0n) is 14.5. The number of fused-ring (bicyclic) bond motifs is 1. The summed E-state index contributed by atoms with van der Waals surface area (Å²) in [5.74, 6) is 0.467. The van der Waals surface area contributed by atoms with Crippen LogP contribution in [0, 0.1) is 4.77 Å². The topological polar surface area (TPSA) is 59.9 Å². The molecule has 0 atom stereocenters. The normalized spacial score (nSPS) is 11.3. The lowest BCUT2D eigenvalue weighted by atomic mass is 10.1. The van der Waals surface area contributed by atoms with Crippen LogP contribution in [0.5, 0.6) is 5.75 Å². The van der Waals surface area contributed by atoms with Gasteiger partial charge in [0.2, 0.25) is 0 Å². The van der Waals surface area contributed by atoms with E-state index in [1.807, 2.05) is 5.38 Å². The highest BCUT2D eigenvalue weighted by molar-refractivity contribution is 7.71. The molecule has 0 spiro atoms. The number of hydrogen-bond acceptors (Lipinski definition) is 5. The number of hydrogen-bond donors (Lipinski definition) is 1. The lowest BCUT2D eigenvalue weighted by Crippen LogP contribution is -2.17. The number of halogens is 2. The summed E-state index contributed by atoms with van der Waals surface area (Å²) in [6, 6.07) is 11.8. The first kappa shape index (κ1) is 18.5. The minimum Gasteiger partial charge on any atom is -0.495 e. The van der Waals surface area contributed by atoms with Crippen LogP contribution in [0.3, 0.4) is 0 Å². The predicted molar refractivity (Wildman–Crippen MR) is 107 cm³/mol. The van der Waals surface area contributed by atoms with E-state index in [2.05, 4.69) is 9.97 Å². The van der Waals surface area contributed by atoms with Gasteiger partial charge in [-0.3, -0.25) is 14.3 Å². The highest BCUT2D eigenvalue weighted by Gasteiger charge is 2.22. The summed E-state index contributed by atoms with van der Waals surface area (Å²) in [5, 5.41) is 1.63. The Morgan fingerprint density at radius 1 is 1.25 bits per heavy atom. The monoisotopic (exact) mass is 417 g/mol. The number of rotatable bonds is 4. The van der Waals surface area contributed by atoms with Crippen molar-refractivity contribution in [2.45, 2.75) is 6.43 Å². The molecular formula is C19H13F2N3O2S2. The summed E-state index contributed by atoms with van der Waals surface area (Å²) in [4.78, 5) is 20.2. The van der Waals surface area contributed by atoms with Crippen molar-refractivity contribution in [3.8, 4) is 22.0 Å². The molecule has 0 aliphatic heterocycles. The van der Waals surface area contributed by atoms with Crippen LogP contribution in [0.25, 0.3) is 27.3 Å². The lowest BCUT2D eigenvalue weighted by molar-refractivity contribution is 0.153. The molecule has 4 rings (SSSR count). The van der Waals surface area contributed by atoms with Crippen LogP contribution in [0.2, 0.25) is 0 Å². The number of methoxy groups -OCH3 is 1. The van der Waals surface area contributed by atoms with Crippen LogP contribution in [0.15, 0.2) is 52.6 Å². The number of pyridine rings is 1. The lowest BCUT2D eigenvalue weighted by Gasteiger charge is -2.16. The molecule has 3 aromatic heterocycles. The maximum Gasteiger partial charge on any atom is 0.264 e. The van der Waals surface area contributed by atoms with Gasteiger partial charge < -0.3 is 4.74 Å². The molecule has 4 aromatic rings. The Bertz CT molecular complexity index is 1280. The van der Waals surface area contributed by atoms with Crippen LogP contribution in [0.1, 0.15) is 12.0 Å². The van der Waals surface area contributed by atoms with Gasteiger partial charge in [0.1, 0.15) is 5.75 Å². The number of aromatic nitrogens is 3. The van der Waals surface area contributed by atoms with E-state index in [4.69, 9.17) is 17.0 Å². The maximum atomic E-state index is 13.8. The Kier molecular flexibility index (Phi) is 4.78. The molecule has 0 saturated heterocycles. The summed E-state index contributed by atoms with van der Waals surface area (Å²) in [5.41, 5.74) is -0.201. The number of aromatic amines is 1. The molecule has 1 aromatic carbocycles. The van der Waals surface area contributed by atoms with E-state index in [0.717, 1.165) is 0 Å². The third-order valence-corrected chi connectivity index (χ3v) is 5.41. The van der Waals surface area contributed by atoms with Crippen molar-refractivity contribution in [1.82, 2.24) is 14.5 Å². The Morgan fingerprint density at radius 2 is 2.04 bits per heavy atom. The molecule has 1 N–H and O–H groups in total. The third kappa shape index (κ3) is 3.02. The van der Waals surface area contributed by atoms with Crippen molar-refractivity contribution >= 4 is 34.6 Å². The maximum absolute atomic E-state index is 13.8. The first-order valence-electron chi connectivity index (χ1n) is 8.16. The smallest absolute Gasteiger partial charge is 0.264 e. The molecule has 0 amide bonds. The van der Waals surface area contributed by atoms with Crippen molar-refractivity contribution in [2.75, 3.05) is 7.11 Å². The Morgan fingerprint density at radius 3 is 2.71 bits per heavy atom. The van der Waals surface area contributed by atoms with E-state index >= 15 is 0 Å². The molecule has 0 fully saturated rings. The fourth-order valence-corrected chi connectivity index (χ4v) is 3.98. The van der Waals surface area contributed by atoms with Gasteiger partial charge in [-0.2, -0.15) is 0 Å². The van der Waals surface area contributed by atoms with E-state index in [1.54, 1.807) is 36.4 Å². The van der Waals surface area contributed by atoms with Crippen molar-refractivity contribution in [3.05, 3.63) is 68.5 Å². The molecule has 28 heavy (non-hydrogen) atoms. The standard InChI is InChI=1S/C19H13F2N3O2S2/c1-26-13-6-3-2-5-12(13)24-17-15(18(25)23-19(24)27)10(16(20)21)9-11(22-17)14-7-4-8-28-14/h2-9,16H,1H3,(H,23,25,27). The number of benzene rings is 1. The van der Waals surface area contributed by atoms with Crippen molar-refractivity contribution in [1.29, 1.82) is 0 Å². The van der Waals surface area contributed by atoms with Crippen molar-refractivity contribution in [2.24, 2.45) is 0 Å². The Balaban J connectivity index is 2.20. The van der Waals surface area contributed by atoms with Gasteiger partial charge in [0.05, 0.1) is 28.8 Å². The van der Waals surface area contributed by atoms with E-state index < -0.39 is 17.5 Å². The SMILES string of the molecule is COc1ccccc1-n1c(=S)[nH]c(=O)c2c(C(F)F)cc(-c3cccs3)nc21. The van der Waals surface area contributed by atoms with E-state index in [-0.39, 0.29) is 15.8 Å². The van der Waals surface area contributed by atoms with E-state index in [0.29, 0.717) is 22.0 Å². The largest absolute Gasteiger partial charge is 0.495 e. The van der Waals surface area contributed by atoms with Gasteiger partial charge in [0.15, 0.2) is 10.4 Å². The van der Waals surface area contributed by atoms with Gasteiger partial charge in [-0.05, 0) is 41.9 Å². The second kappa shape index (κ2) is 7.25. The second-order valence-corrected chi connectivity index (χ2v) is 7.17. The van der Waals surface area contributed by atoms with Crippen LogP contribution in [-0.4, -0.2) is 21.6 Å². The molecule has 0 aliphatic rings. The van der Waals surface area contributed by atoms with Crippen LogP contribution < -0.4 is 10.3 Å². The highest BCUT2D eigenvalue weighted by atomic mass is 32.1. The van der Waals surface area contributed by atoms with Gasteiger partial charge >= 0.3 is 0 Å². The summed E-state index contributed by atoms with van der Waals surface area (Å²) in [7, 11) is 1.49. The number of nitrogens with zero attached hydrogens (tertiary/aromatic N) is 2. The number of para-hydroxylation sites is 2. The van der Waals surface area contributed by atoms with Crippen LogP contribution in [0.4, 0.5) is 8.78 Å². The molecule has 5 nitrogen and oxygen atoms in total. The molecule has 0 unspecified atom stereocenters. The highest BCUT2D eigenvalue weighted by Crippen LogP contribution is 2.33. The fraction of sp³-hybridized carbons (Fsp3) is 0.105. The molecule has 0 saturated carbocycles. The minimum absolute atomic E-state index is 0.0399. The number of nitrogens with one attached hydrogen (secondary N) is 1. The van der Waals surface area contributed by atoms with Gasteiger partial charge in [0, 0.05) is 5.56 Å². The van der Waals surface area contributed by atoms with E-state index in [9.17, 15) is 13.6 Å². The molecule has 0 radical (unpaired) electrons. The van der Waals surface area contributed by atoms with Gasteiger partial charge in [-0.15, -0.1) is 11.3 Å². The average Bonchev–Trinajstić information content (AvgIpc) is 3.22. The average molecular weight is 417 g/mol. The predicted octanol–water partition coefficient (Wildman–Crippen LogP) is 5.12. The van der Waals surface area contributed by atoms with Gasteiger partial charge in [-0.25, -0.2) is 13.8 Å². The number of alkyl halides is 2. The first-order chi connectivity index (χ1) is 13.5. The van der Waals surface area contributed by atoms with Gasteiger partial charge in [-0.1, -0.05) is 18.2 Å². The summed E-state index contributed by atoms with van der Waals surface area (Å²) < 4.78 is 34.6. The minimum atomic E-state index is -2.85. The molecule has 9 heteroatoms. The van der Waals surface area contributed by atoms with E-state index in [1.165, 1.54) is 29.1 Å². The first-order valence-corrected chi connectivity index (χ1v) is 9.45. The summed E-state index contributed by atoms with van der Waals surface area (Å²) in [6.45, 7) is 0. The Labute approximate surface area is 166 Å². The Hall–Kier alpha value is -2.91. The van der Waals surface area contributed by atoms with Crippen molar-refractivity contribution < 1.29 is 13.5 Å². The summed E-state index contributed by atoms with van der Waals surface area (Å²) >= 11 is 6.71. The van der Waals surface area contributed by atoms with Crippen molar-refractivity contribution in [3.63, 3.8) is 0 Å². The second-order valence-electron chi connectivity index (χ2n) is 5.84. The molecular weight excluding hydrogens is 404 g/mol. The number of thiophene rings is 1. The van der Waals surface area contributed by atoms with Crippen LogP contribution >= 0.6 is 23.6 Å². The number of ether oxygens (including phenoxy) is 1. The molecule has 3 heterocycles.